The zero-order valence-electron chi connectivity index (χ0n) is 13.6. The van der Waals surface area contributed by atoms with E-state index in [1.807, 2.05) is 0 Å². The van der Waals surface area contributed by atoms with E-state index in [2.05, 4.69) is 4.74 Å². The van der Waals surface area contributed by atoms with Crippen LogP contribution in [0.5, 0.6) is 0 Å². The lowest BCUT2D eigenvalue weighted by molar-refractivity contribution is -0.157. The predicted octanol–water partition coefficient (Wildman–Crippen LogP) is 2.04. The summed E-state index contributed by atoms with van der Waals surface area (Å²) in [5.41, 5.74) is -0.570. The molecule has 0 spiro atoms. The molecular weight excluding hydrogens is 290 g/mol. The summed E-state index contributed by atoms with van der Waals surface area (Å²) < 4.78 is 9.86. The summed E-state index contributed by atoms with van der Waals surface area (Å²) in [4.78, 5) is 36.3. The van der Waals surface area contributed by atoms with Gasteiger partial charge in [-0.2, -0.15) is 0 Å². The average molecular weight is 315 g/mol. The van der Waals surface area contributed by atoms with Crippen molar-refractivity contribution in [2.75, 3.05) is 13.7 Å². The lowest BCUT2D eigenvalue weighted by atomic mass is 9.99. The van der Waals surface area contributed by atoms with Crippen molar-refractivity contribution >= 4 is 18.0 Å². The van der Waals surface area contributed by atoms with Crippen LogP contribution in [0.15, 0.2) is 0 Å². The summed E-state index contributed by atoms with van der Waals surface area (Å²) in [6.45, 7) is 5.99. The fraction of sp³-hybridized carbons (Fsp3) is 0.800. The van der Waals surface area contributed by atoms with Gasteiger partial charge in [0.05, 0.1) is 7.11 Å². The molecule has 0 aromatic rings. The highest BCUT2D eigenvalue weighted by molar-refractivity contribution is 5.93. The number of nitrogens with zero attached hydrogens (tertiary/aromatic N) is 1. The molecule has 1 unspecified atom stereocenters. The fourth-order valence-corrected chi connectivity index (χ4v) is 2.54. The third-order valence-electron chi connectivity index (χ3n) is 3.58. The molecule has 7 heteroatoms. The molecular formula is C15H25NO6. The van der Waals surface area contributed by atoms with E-state index in [4.69, 9.17) is 9.84 Å². The Kier molecular flexibility index (Phi) is 6.20. The Hall–Kier alpha value is -1.79. The van der Waals surface area contributed by atoms with Gasteiger partial charge in [-0.15, -0.1) is 0 Å². The van der Waals surface area contributed by atoms with E-state index in [0.29, 0.717) is 13.0 Å². The largest absolute Gasteiger partial charge is 0.481 e. The van der Waals surface area contributed by atoms with Crippen LogP contribution in [0.4, 0.5) is 4.79 Å². The Bertz CT molecular complexity index is 428. The summed E-state index contributed by atoms with van der Waals surface area (Å²) in [6.07, 6.45) is 1.82. The van der Waals surface area contributed by atoms with Crippen LogP contribution >= 0.6 is 0 Å². The van der Waals surface area contributed by atoms with Crippen molar-refractivity contribution in [3.8, 4) is 0 Å². The molecule has 22 heavy (non-hydrogen) atoms. The number of hydrogen-bond acceptors (Lipinski definition) is 5. The number of esters is 1. The summed E-state index contributed by atoms with van der Waals surface area (Å²) in [7, 11) is 1.17. The van der Waals surface area contributed by atoms with Crippen molar-refractivity contribution in [1.82, 2.24) is 4.90 Å². The molecule has 0 aromatic carbocycles. The fourth-order valence-electron chi connectivity index (χ4n) is 2.54. The minimum Gasteiger partial charge on any atom is -0.481 e. The van der Waals surface area contributed by atoms with Crippen LogP contribution in [-0.2, 0) is 19.1 Å². The quantitative estimate of drug-likeness (QED) is 0.616. The Morgan fingerprint density at radius 3 is 2.45 bits per heavy atom. The van der Waals surface area contributed by atoms with Gasteiger partial charge in [-0.1, -0.05) is 0 Å². The van der Waals surface area contributed by atoms with Gasteiger partial charge in [0.15, 0.2) is 5.92 Å². The molecule has 0 aliphatic carbocycles. The zero-order chi connectivity index (χ0) is 16.9. The number of hydrogen-bond donors (Lipinski definition) is 1. The van der Waals surface area contributed by atoms with E-state index < -0.39 is 23.5 Å². The number of methoxy groups -OCH3 is 1. The zero-order valence-corrected chi connectivity index (χ0v) is 13.6. The van der Waals surface area contributed by atoms with Gasteiger partial charge in [-0.3, -0.25) is 9.59 Å². The molecule has 1 heterocycles. The van der Waals surface area contributed by atoms with E-state index in [0.717, 1.165) is 12.8 Å². The highest BCUT2D eigenvalue weighted by atomic mass is 16.6. The molecule has 1 aliphatic heterocycles. The highest BCUT2D eigenvalue weighted by Crippen LogP contribution is 2.25. The first kappa shape index (κ1) is 18.3. The molecule has 2 atom stereocenters. The van der Waals surface area contributed by atoms with Crippen molar-refractivity contribution in [3.05, 3.63) is 0 Å². The van der Waals surface area contributed by atoms with Crippen molar-refractivity contribution in [2.24, 2.45) is 5.92 Å². The predicted molar refractivity (Wildman–Crippen MR) is 78.3 cm³/mol. The topological polar surface area (TPSA) is 93.1 Å². The van der Waals surface area contributed by atoms with E-state index in [1.165, 1.54) is 7.11 Å². The maximum atomic E-state index is 12.1. The molecule has 126 valence electrons. The first-order valence-corrected chi connectivity index (χ1v) is 7.46. The molecule has 1 saturated heterocycles. The molecule has 1 N–H and O–H groups in total. The van der Waals surface area contributed by atoms with Gasteiger partial charge in [0, 0.05) is 12.6 Å². The Morgan fingerprint density at radius 2 is 1.95 bits per heavy atom. The maximum absolute atomic E-state index is 12.1. The smallest absolute Gasteiger partial charge is 0.410 e. The van der Waals surface area contributed by atoms with Crippen LogP contribution in [0.3, 0.4) is 0 Å². The number of carbonyl (C=O) groups is 3. The van der Waals surface area contributed by atoms with Crippen molar-refractivity contribution in [1.29, 1.82) is 0 Å². The average Bonchev–Trinajstić information content (AvgIpc) is 2.84. The Morgan fingerprint density at radius 1 is 1.32 bits per heavy atom. The number of ether oxygens (including phenoxy) is 2. The van der Waals surface area contributed by atoms with E-state index in [1.54, 1.807) is 25.7 Å². The Balaban J connectivity index is 2.62. The summed E-state index contributed by atoms with van der Waals surface area (Å²) in [6, 6.07) is -0.0960. The van der Waals surface area contributed by atoms with Crippen LogP contribution < -0.4 is 0 Å². The molecule has 1 fully saturated rings. The Labute approximate surface area is 130 Å². The van der Waals surface area contributed by atoms with Crippen molar-refractivity contribution < 1.29 is 29.0 Å². The van der Waals surface area contributed by atoms with Gasteiger partial charge in [0.2, 0.25) is 0 Å². The van der Waals surface area contributed by atoms with E-state index in [-0.39, 0.29) is 18.6 Å². The number of carboxylic acids is 1. The monoisotopic (exact) mass is 315 g/mol. The lowest BCUT2D eigenvalue weighted by Crippen LogP contribution is -2.40. The van der Waals surface area contributed by atoms with Gasteiger partial charge in [0.25, 0.3) is 0 Å². The van der Waals surface area contributed by atoms with Crippen LogP contribution in [0.1, 0.15) is 46.5 Å². The van der Waals surface area contributed by atoms with E-state index >= 15 is 0 Å². The summed E-state index contributed by atoms with van der Waals surface area (Å²) >= 11 is 0. The first-order valence-electron chi connectivity index (χ1n) is 7.46. The van der Waals surface area contributed by atoms with Crippen molar-refractivity contribution in [3.63, 3.8) is 0 Å². The van der Waals surface area contributed by atoms with Crippen LogP contribution in [0.2, 0.25) is 0 Å². The second-order valence-electron chi connectivity index (χ2n) is 6.46. The van der Waals surface area contributed by atoms with Gasteiger partial charge >= 0.3 is 18.0 Å². The SMILES string of the molecule is COC(=O)C(CC[C@@H]1CCCN1C(=O)OC(C)(C)C)C(=O)O. The summed E-state index contributed by atoms with van der Waals surface area (Å²) in [5.74, 6) is -3.14. The first-order chi connectivity index (χ1) is 10.2. The molecule has 1 amide bonds. The molecule has 0 saturated carbocycles. The number of aliphatic carboxylic acids is 1. The number of likely N-dealkylation sites (tertiary alicyclic amines) is 1. The molecule has 0 aromatic heterocycles. The van der Waals surface area contributed by atoms with Crippen molar-refractivity contribution in [2.45, 2.75) is 58.1 Å². The van der Waals surface area contributed by atoms with Crippen LogP contribution in [-0.4, -0.2) is 53.3 Å². The number of amides is 1. The van der Waals surface area contributed by atoms with Crippen LogP contribution in [0, 0.1) is 5.92 Å². The van der Waals surface area contributed by atoms with E-state index in [9.17, 15) is 14.4 Å². The van der Waals surface area contributed by atoms with Gasteiger partial charge in [-0.25, -0.2) is 4.79 Å². The molecule has 1 aliphatic rings. The third kappa shape index (κ3) is 5.20. The maximum Gasteiger partial charge on any atom is 0.410 e. The van der Waals surface area contributed by atoms with Gasteiger partial charge in [-0.05, 0) is 46.5 Å². The highest BCUT2D eigenvalue weighted by Gasteiger charge is 2.34. The number of carbonyl (C=O) groups excluding carboxylic acids is 2. The molecule has 7 nitrogen and oxygen atoms in total. The lowest BCUT2D eigenvalue weighted by Gasteiger charge is -2.29. The minimum absolute atomic E-state index is 0.0960. The number of carboxylic acid groups (broad SMARTS) is 1. The summed E-state index contributed by atoms with van der Waals surface area (Å²) in [5, 5.41) is 9.07. The van der Waals surface area contributed by atoms with Crippen LogP contribution in [0.25, 0.3) is 0 Å². The molecule has 1 rings (SSSR count). The number of rotatable bonds is 5. The minimum atomic E-state index is -1.20. The standard InChI is InChI=1S/C15H25NO6/c1-15(2,3)22-14(20)16-9-5-6-10(16)7-8-11(12(17)18)13(19)21-4/h10-11H,5-9H2,1-4H3,(H,17,18)/t10-,11?/m0/s1. The van der Waals surface area contributed by atoms with Gasteiger partial charge in [0.1, 0.15) is 5.60 Å². The van der Waals surface area contributed by atoms with Gasteiger partial charge < -0.3 is 19.5 Å². The normalized spacial score (nSPS) is 19.6. The third-order valence-corrected chi connectivity index (χ3v) is 3.58. The molecule has 0 bridgehead atoms. The second-order valence-corrected chi connectivity index (χ2v) is 6.46. The second kappa shape index (κ2) is 7.47. The molecule has 0 radical (unpaired) electrons.